The zero-order chi connectivity index (χ0) is 24.7. The molecule has 1 aliphatic rings. The molecule has 0 bridgehead atoms. The van der Waals surface area contributed by atoms with Crippen LogP contribution in [0.3, 0.4) is 0 Å². The number of carbonyl (C=O) groups excluding carboxylic acids is 2. The molecule has 0 saturated carbocycles. The van der Waals surface area contributed by atoms with Crippen molar-refractivity contribution in [3.8, 4) is 11.1 Å². The molecule has 1 unspecified atom stereocenters. The summed E-state index contributed by atoms with van der Waals surface area (Å²) in [6.07, 6.45) is 0.111. The van der Waals surface area contributed by atoms with Crippen LogP contribution in [-0.2, 0) is 14.3 Å². The molecule has 0 spiro atoms. The normalized spacial score (nSPS) is 13.2. The number of likely N-dealkylation sites (N-methyl/N-ethyl adjacent to an activating group) is 1. The number of aliphatic carboxylic acids is 1. The maximum atomic E-state index is 12.9. The highest BCUT2D eigenvalue weighted by molar-refractivity contribution is 5.85. The number of nitrogens with one attached hydrogen (secondary N) is 1. The Morgan fingerprint density at radius 2 is 1.56 bits per heavy atom. The first-order valence-electron chi connectivity index (χ1n) is 11.5. The minimum atomic E-state index is -0.901. The van der Waals surface area contributed by atoms with E-state index in [-0.39, 0.29) is 24.9 Å². The minimum Gasteiger partial charge on any atom is -0.481 e. The summed E-state index contributed by atoms with van der Waals surface area (Å²) in [5.41, 5.74) is 4.54. The predicted octanol–water partition coefficient (Wildman–Crippen LogP) is 3.17. The fraction of sp³-hybridized carbons (Fsp3) is 0.423. The topological polar surface area (TPSA) is 99.2 Å². The van der Waals surface area contributed by atoms with Gasteiger partial charge in [-0.15, -0.1) is 0 Å². The van der Waals surface area contributed by atoms with Crippen molar-refractivity contribution in [2.45, 2.75) is 31.2 Å². The minimum absolute atomic E-state index is 0.0141. The molecule has 0 aromatic heterocycles. The van der Waals surface area contributed by atoms with Crippen LogP contribution in [0.5, 0.6) is 0 Å². The van der Waals surface area contributed by atoms with Crippen molar-refractivity contribution >= 4 is 18.0 Å². The van der Waals surface area contributed by atoms with Gasteiger partial charge in [-0.05, 0) is 55.7 Å². The lowest BCUT2D eigenvalue weighted by atomic mass is 9.98. The van der Waals surface area contributed by atoms with Gasteiger partial charge in [0.2, 0.25) is 5.91 Å². The van der Waals surface area contributed by atoms with Gasteiger partial charge in [-0.25, -0.2) is 4.79 Å². The fourth-order valence-electron chi connectivity index (χ4n) is 4.27. The van der Waals surface area contributed by atoms with E-state index >= 15 is 0 Å². The molecule has 2 N–H and O–H groups in total. The second-order valence-corrected chi connectivity index (χ2v) is 8.87. The number of amides is 2. The molecule has 3 rings (SSSR count). The summed E-state index contributed by atoms with van der Waals surface area (Å²) in [5, 5.41) is 11.6. The summed E-state index contributed by atoms with van der Waals surface area (Å²) in [7, 11) is 5.41. The van der Waals surface area contributed by atoms with Crippen LogP contribution in [0.2, 0.25) is 0 Å². The first kappa shape index (κ1) is 25.2. The van der Waals surface area contributed by atoms with E-state index in [1.54, 1.807) is 7.05 Å². The van der Waals surface area contributed by atoms with E-state index in [9.17, 15) is 14.4 Å². The van der Waals surface area contributed by atoms with Crippen LogP contribution in [-0.4, -0.2) is 79.8 Å². The Balaban J connectivity index is 1.63. The van der Waals surface area contributed by atoms with Crippen molar-refractivity contribution in [1.82, 2.24) is 15.1 Å². The first-order valence-corrected chi connectivity index (χ1v) is 11.5. The van der Waals surface area contributed by atoms with E-state index in [1.807, 2.05) is 43.3 Å². The lowest BCUT2D eigenvalue weighted by Crippen LogP contribution is -2.49. The molecule has 2 aromatic carbocycles. The van der Waals surface area contributed by atoms with E-state index in [4.69, 9.17) is 9.84 Å². The third-order valence-corrected chi connectivity index (χ3v) is 6.06. The van der Waals surface area contributed by atoms with Gasteiger partial charge in [0, 0.05) is 25.9 Å². The molecule has 2 aromatic rings. The predicted molar refractivity (Wildman–Crippen MR) is 130 cm³/mol. The maximum absolute atomic E-state index is 12.9. The molecule has 2 amide bonds. The molecule has 0 aliphatic heterocycles. The van der Waals surface area contributed by atoms with Crippen LogP contribution in [0.25, 0.3) is 11.1 Å². The van der Waals surface area contributed by atoms with Crippen molar-refractivity contribution in [3.63, 3.8) is 0 Å². The number of ether oxygens (including phenoxy) is 1. The van der Waals surface area contributed by atoms with Gasteiger partial charge in [0.15, 0.2) is 0 Å². The van der Waals surface area contributed by atoms with Crippen molar-refractivity contribution in [2.24, 2.45) is 0 Å². The number of fused-ring (bicyclic) bond motifs is 3. The van der Waals surface area contributed by atoms with E-state index in [0.717, 1.165) is 22.3 Å². The van der Waals surface area contributed by atoms with Gasteiger partial charge in [0.25, 0.3) is 0 Å². The van der Waals surface area contributed by atoms with Gasteiger partial charge in [-0.3, -0.25) is 9.59 Å². The van der Waals surface area contributed by atoms with Crippen LogP contribution < -0.4 is 5.32 Å². The van der Waals surface area contributed by atoms with Crippen molar-refractivity contribution in [1.29, 1.82) is 0 Å². The summed E-state index contributed by atoms with van der Waals surface area (Å²) in [6, 6.07) is 15.5. The molecule has 0 heterocycles. The summed E-state index contributed by atoms with van der Waals surface area (Å²) in [5.74, 6) is -1.23. The molecule has 1 aliphatic carbocycles. The van der Waals surface area contributed by atoms with Gasteiger partial charge in [0.1, 0.15) is 12.6 Å². The van der Waals surface area contributed by atoms with E-state index in [0.29, 0.717) is 25.9 Å². The molecule has 34 heavy (non-hydrogen) atoms. The van der Waals surface area contributed by atoms with Crippen molar-refractivity contribution < 1.29 is 24.2 Å². The van der Waals surface area contributed by atoms with Gasteiger partial charge in [0.05, 0.1) is 0 Å². The number of benzene rings is 2. The molecule has 8 nitrogen and oxygen atoms in total. The molecule has 0 radical (unpaired) electrons. The number of hydrogen-bond acceptors (Lipinski definition) is 5. The zero-order valence-corrected chi connectivity index (χ0v) is 20.0. The number of carboxylic acids is 1. The molecule has 1 atom stereocenters. The lowest BCUT2D eigenvalue weighted by molar-refractivity contribution is -0.138. The Kier molecular flexibility index (Phi) is 8.65. The van der Waals surface area contributed by atoms with Crippen LogP contribution in [0.15, 0.2) is 48.5 Å². The van der Waals surface area contributed by atoms with Crippen molar-refractivity contribution in [2.75, 3.05) is 40.8 Å². The average molecular weight is 468 g/mol. The summed E-state index contributed by atoms with van der Waals surface area (Å²) in [4.78, 5) is 39.8. The summed E-state index contributed by atoms with van der Waals surface area (Å²) in [6.45, 7) is 1.07. The van der Waals surface area contributed by atoms with Crippen LogP contribution in [0.1, 0.15) is 36.3 Å². The van der Waals surface area contributed by atoms with Gasteiger partial charge in [-0.2, -0.15) is 0 Å². The first-order chi connectivity index (χ1) is 16.3. The smallest absolute Gasteiger partial charge is 0.407 e. The largest absolute Gasteiger partial charge is 0.481 e. The Morgan fingerprint density at radius 3 is 2.12 bits per heavy atom. The Labute approximate surface area is 200 Å². The molecule has 0 fully saturated rings. The fourth-order valence-corrected chi connectivity index (χ4v) is 4.27. The second kappa shape index (κ2) is 11.7. The Hall–Kier alpha value is -3.39. The number of alkyl carbamates (subject to hydrolysis) is 1. The molecule has 8 heteroatoms. The zero-order valence-electron chi connectivity index (χ0n) is 20.0. The quantitative estimate of drug-likeness (QED) is 0.527. The summed E-state index contributed by atoms with van der Waals surface area (Å²) < 4.78 is 5.61. The Morgan fingerprint density at radius 1 is 0.971 bits per heavy atom. The number of rotatable bonds is 11. The average Bonchev–Trinajstić information content (AvgIpc) is 3.13. The highest BCUT2D eigenvalue weighted by atomic mass is 16.5. The highest BCUT2D eigenvalue weighted by Gasteiger charge is 2.30. The van der Waals surface area contributed by atoms with Gasteiger partial charge < -0.3 is 25.0 Å². The molecular formula is C26H33N3O5. The number of carbonyl (C=O) groups is 3. The number of carboxylic acid groups (broad SMARTS) is 1. The van der Waals surface area contributed by atoms with Crippen LogP contribution in [0.4, 0.5) is 4.79 Å². The number of hydrogen-bond donors (Lipinski definition) is 2. The second-order valence-electron chi connectivity index (χ2n) is 8.87. The van der Waals surface area contributed by atoms with Crippen molar-refractivity contribution in [3.05, 3.63) is 59.7 Å². The van der Waals surface area contributed by atoms with E-state index in [1.165, 1.54) is 4.90 Å². The Bertz CT molecular complexity index is 978. The monoisotopic (exact) mass is 467 g/mol. The molecule has 0 saturated heterocycles. The van der Waals surface area contributed by atoms with Gasteiger partial charge >= 0.3 is 12.1 Å². The van der Waals surface area contributed by atoms with Crippen LogP contribution >= 0.6 is 0 Å². The maximum Gasteiger partial charge on any atom is 0.407 e. The molecule has 182 valence electrons. The third kappa shape index (κ3) is 6.35. The van der Waals surface area contributed by atoms with E-state index in [2.05, 4.69) is 29.6 Å². The standard InChI is InChI=1S/C26H33N3O5/c1-28(2)16-14-23(25(32)29(3)15-8-13-24(30)31)27-26(33)34-17-22-20-11-6-4-9-18(20)19-10-5-7-12-21(19)22/h4-7,9-12,22-23H,8,13-17H2,1-3H3,(H,27,33)(H,30,31). The summed E-state index contributed by atoms with van der Waals surface area (Å²) >= 11 is 0. The van der Waals surface area contributed by atoms with Crippen LogP contribution in [0, 0.1) is 0 Å². The third-order valence-electron chi connectivity index (χ3n) is 6.06. The highest BCUT2D eigenvalue weighted by Crippen LogP contribution is 2.44. The number of nitrogens with zero attached hydrogens (tertiary/aromatic N) is 2. The lowest BCUT2D eigenvalue weighted by Gasteiger charge is -2.25. The van der Waals surface area contributed by atoms with Gasteiger partial charge in [-0.1, -0.05) is 48.5 Å². The van der Waals surface area contributed by atoms with E-state index < -0.39 is 18.1 Å². The molecular weight excluding hydrogens is 434 g/mol. The SMILES string of the molecule is CN(C)CCC(NC(=O)OCC1c2ccccc2-c2ccccc21)C(=O)N(C)CCCC(=O)O.